The van der Waals surface area contributed by atoms with E-state index in [1.165, 1.54) is 11.3 Å². The lowest BCUT2D eigenvalue weighted by atomic mass is 10.0. The number of hydrogen-bond donors (Lipinski definition) is 0. The Balaban J connectivity index is 2.51. The third-order valence-electron chi connectivity index (χ3n) is 2.23. The summed E-state index contributed by atoms with van der Waals surface area (Å²) in [5.74, 6) is -2.34. The molecule has 0 unspecified atom stereocenters. The lowest BCUT2D eigenvalue weighted by molar-refractivity contribution is 0.103. The van der Waals surface area contributed by atoms with E-state index in [0.29, 0.717) is 5.56 Å². The van der Waals surface area contributed by atoms with Crippen LogP contribution in [0.25, 0.3) is 0 Å². The Morgan fingerprint density at radius 3 is 2.29 bits per heavy atom. The number of ketones is 1. The van der Waals surface area contributed by atoms with Gasteiger partial charge in [-0.25, -0.2) is 8.78 Å². The summed E-state index contributed by atoms with van der Waals surface area (Å²) in [6, 6.07) is 3.78. The van der Waals surface area contributed by atoms with Crippen LogP contribution in [0.2, 0.25) is 0 Å². The average Bonchev–Trinajstić information content (AvgIpc) is 2.63. The molecule has 1 nitrogen and oxygen atoms in total. The van der Waals surface area contributed by atoms with Gasteiger partial charge in [0.05, 0.1) is 5.56 Å². The minimum Gasteiger partial charge on any atom is -0.288 e. The third kappa shape index (κ3) is 2.45. The van der Waals surface area contributed by atoms with Crippen molar-refractivity contribution in [2.75, 3.05) is 0 Å². The second-order valence-electron chi connectivity index (χ2n) is 3.52. The molecule has 1 aromatic heterocycles. The highest BCUT2D eigenvalue weighted by molar-refractivity contribution is 9.10. The van der Waals surface area contributed by atoms with Crippen molar-refractivity contribution in [2.24, 2.45) is 0 Å². The zero-order valence-electron chi connectivity index (χ0n) is 8.76. The summed E-state index contributed by atoms with van der Waals surface area (Å²) in [6.45, 7) is 1.83. The summed E-state index contributed by atoms with van der Waals surface area (Å²) < 4.78 is 27.4. The van der Waals surface area contributed by atoms with Crippen molar-refractivity contribution >= 4 is 33.0 Å². The molecule has 0 radical (unpaired) electrons. The van der Waals surface area contributed by atoms with Gasteiger partial charge in [0.2, 0.25) is 0 Å². The van der Waals surface area contributed by atoms with E-state index in [4.69, 9.17) is 0 Å². The fraction of sp³-hybridized carbons (Fsp3) is 0.0833. The highest BCUT2D eigenvalue weighted by Gasteiger charge is 2.20. The summed E-state index contributed by atoms with van der Waals surface area (Å²) in [6.07, 6.45) is 0. The Morgan fingerprint density at radius 2 is 1.82 bits per heavy atom. The van der Waals surface area contributed by atoms with Gasteiger partial charge in [-0.05, 0) is 25.1 Å². The Labute approximate surface area is 109 Å². The van der Waals surface area contributed by atoms with Crippen LogP contribution in [-0.2, 0) is 0 Å². The lowest BCUT2D eigenvalue weighted by Crippen LogP contribution is -2.06. The smallest absolute Gasteiger partial charge is 0.199 e. The first-order valence-corrected chi connectivity index (χ1v) is 6.40. The van der Waals surface area contributed by atoms with Gasteiger partial charge >= 0.3 is 0 Å². The van der Waals surface area contributed by atoms with Crippen molar-refractivity contribution in [1.29, 1.82) is 0 Å². The molecule has 0 aliphatic carbocycles. The van der Waals surface area contributed by atoms with Crippen molar-refractivity contribution in [3.8, 4) is 0 Å². The number of aryl methyl sites for hydroxylation is 1. The highest BCUT2D eigenvalue weighted by atomic mass is 79.9. The van der Waals surface area contributed by atoms with E-state index in [1.54, 1.807) is 11.4 Å². The predicted octanol–water partition coefficient (Wildman–Crippen LogP) is 4.33. The summed E-state index contributed by atoms with van der Waals surface area (Å²) in [5, 5.41) is 1.60. The van der Waals surface area contributed by atoms with Gasteiger partial charge in [0.25, 0.3) is 0 Å². The standard InChI is InChI=1S/C12H7BrF2OS/c1-6-2-7(5-17-6)12(16)11-9(14)3-8(13)4-10(11)15/h2-5H,1H3. The van der Waals surface area contributed by atoms with Gasteiger partial charge in [-0.2, -0.15) is 0 Å². The van der Waals surface area contributed by atoms with Crippen LogP contribution >= 0.6 is 27.3 Å². The molecule has 0 bridgehead atoms. The van der Waals surface area contributed by atoms with E-state index in [0.717, 1.165) is 17.0 Å². The van der Waals surface area contributed by atoms with Gasteiger partial charge in [-0.15, -0.1) is 11.3 Å². The van der Waals surface area contributed by atoms with Gasteiger partial charge in [0.15, 0.2) is 5.78 Å². The van der Waals surface area contributed by atoms with E-state index in [9.17, 15) is 13.6 Å². The second kappa shape index (κ2) is 4.66. The summed E-state index contributed by atoms with van der Waals surface area (Å²) in [5.41, 5.74) is -0.196. The molecule has 2 aromatic rings. The van der Waals surface area contributed by atoms with Gasteiger partial charge < -0.3 is 0 Å². The molecule has 0 atom stereocenters. The maximum Gasteiger partial charge on any atom is 0.199 e. The molecule has 0 aliphatic heterocycles. The molecule has 0 N–H and O–H groups in total. The number of thiophene rings is 1. The highest BCUT2D eigenvalue weighted by Crippen LogP contribution is 2.24. The number of hydrogen-bond acceptors (Lipinski definition) is 2. The number of halogens is 3. The molecule has 0 amide bonds. The first-order valence-electron chi connectivity index (χ1n) is 4.73. The van der Waals surface area contributed by atoms with E-state index in [1.807, 2.05) is 6.92 Å². The molecule has 0 saturated heterocycles. The number of carbonyl (C=O) groups excluding carboxylic acids is 1. The Kier molecular flexibility index (Phi) is 3.40. The lowest BCUT2D eigenvalue weighted by Gasteiger charge is -2.03. The average molecular weight is 317 g/mol. The first kappa shape index (κ1) is 12.4. The van der Waals surface area contributed by atoms with E-state index in [-0.39, 0.29) is 4.47 Å². The van der Waals surface area contributed by atoms with E-state index in [2.05, 4.69) is 15.9 Å². The van der Waals surface area contributed by atoms with E-state index < -0.39 is 23.0 Å². The molecular formula is C12H7BrF2OS. The quantitative estimate of drug-likeness (QED) is 0.754. The maximum atomic E-state index is 13.6. The Hall–Kier alpha value is -1.07. The van der Waals surface area contributed by atoms with Crippen LogP contribution in [0.5, 0.6) is 0 Å². The topological polar surface area (TPSA) is 17.1 Å². The molecule has 5 heteroatoms. The van der Waals surface area contributed by atoms with Crippen molar-refractivity contribution in [3.05, 3.63) is 55.7 Å². The maximum absolute atomic E-state index is 13.6. The summed E-state index contributed by atoms with van der Waals surface area (Å²) in [4.78, 5) is 12.8. The van der Waals surface area contributed by atoms with Crippen LogP contribution in [-0.4, -0.2) is 5.78 Å². The monoisotopic (exact) mass is 316 g/mol. The zero-order valence-corrected chi connectivity index (χ0v) is 11.2. The molecule has 88 valence electrons. The molecule has 1 aromatic carbocycles. The van der Waals surface area contributed by atoms with Gasteiger partial charge in [0.1, 0.15) is 11.6 Å². The number of carbonyl (C=O) groups is 1. The SMILES string of the molecule is Cc1cc(C(=O)c2c(F)cc(Br)cc2F)cs1. The number of rotatable bonds is 2. The normalized spacial score (nSPS) is 10.6. The van der Waals surface area contributed by atoms with Crippen molar-refractivity contribution < 1.29 is 13.6 Å². The van der Waals surface area contributed by atoms with Crippen molar-refractivity contribution in [3.63, 3.8) is 0 Å². The van der Waals surface area contributed by atoms with E-state index >= 15 is 0 Å². The van der Waals surface area contributed by atoms with Gasteiger partial charge in [-0.1, -0.05) is 15.9 Å². The molecule has 17 heavy (non-hydrogen) atoms. The van der Waals surface area contributed by atoms with Crippen LogP contribution in [0.3, 0.4) is 0 Å². The second-order valence-corrected chi connectivity index (χ2v) is 5.55. The zero-order chi connectivity index (χ0) is 12.6. The van der Waals surface area contributed by atoms with Crippen molar-refractivity contribution in [2.45, 2.75) is 6.92 Å². The molecular weight excluding hydrogens is 310 g/mol. The van der Waals surface area contributed by atoms with Gasteiger partial charge in [0, 0.05) is 20.3 Å². The molecule has 0 saturated carbocycles. The van der Waals surface area contributed by atoms with Crippen LogP contribution in [0.15, 0.2) is 28.1 Å². The van der Waals surface area contributed by atoms with Crippen LogP contribution < -0.4 is 0 Å². The molecule has 2 rings (SSSR count). The molecule has 1 heterocycles. The minimum absolute atomic E-state index is 0.269. The summed E-state index contributed by atoms with van der Waals surface area (Å²) >= 11 is 4.33. The first-order chi connectivity index (χ1) is 7.99. The Morgan fingerprint density at radius 1 is 1.24 bits per heavy atom. The largest absolute Gasteiger partial charge is 0.288 e. The molecule has 0 spiro atoms. The minimum atomic E-state index is -0.856. The van der Waals surface area contributed by atoms with Crippen molar-refractivity contribution in [1.82, 2.24) is 0 Å². The third-order valence-corrected chi connectivity index (χ3v) is 3.55. The predicted molar refractivity (Wildman–Crippen MR) is 66.5 cm³/mol. The van der Waals surface area contributed by atoms with Crippen LogP contribution in [0, 0.1) is 18.6 Å². The summed E-state index contributed by atoms with van der Waals surface area (Å²) in [7, 11) is 0. The fourth-order valence-electron chi connectivity index (χ4n) is 1.47. The van der Waals surface area contributed by atoms with Crippen LogP contribution in [0.4, 0.5) is 8.78 Å². The van der Waals surface area contributed by atoms with Crippen LogP contribution in [0.1, 0.15) is 20.8 Å². The number of benzene rings is 1. The molecule has 0 fully saturated rings. The van der Waals surface area contributed by atoms with Gasteiger partial charge in [-0.3, -0.25) is 4.79 Å². The Bertz CT molecular complexity index is 569. The fourth-order valence-corrected chi connectivity index (χ4v) is 2.55. The molecule has 0 aliphatic rings.